The van der Waals surface area contributed by atoms with Crippen molar-refractivity contribution < 1.29 is 19.4 Å². The maximum atomic E-state index is 12.1. The van der Waals surface area contributed by atoms with Crippen LogP contribution in [0, 0.1) is 6.92 Å². The maximum Gasteiger partial charge on any atom is 0.336 e. The van der Waals surface area contributed by atoms with E-state index in [1.54, 1.807) is 42.1 Å². The number of aliphatic hydroxyl groups excluding tert-OH is 1. The van der Waals surface area contributed by atoms with Crippen molar-refractivity contribution in [3.8, 4) is 5.69 Å². The Balaban J connectivity index is 2.10. The number of carbonyl (C=O) groups is 2. The molecule has 7 nitrogen and oxygen atoms in total. The van der Waals surface area contributed by atoms with Crippen molar-refractivity contribution >= 4 is 23.5 Å². The number of amides is 1. The predicted octanol–water partition coefficient (Wildman–Crippen LogP) is 1.10. The number of carbonyl (C=O) groups excluding carboxylic acids is 2. The normalized spacial score (nSPS) is 11.8. The molecule has 23 heavy (non-hydrogen) atoms. The Morgan fingerprint density at radius 3 is 2.65 bits per heavy atom. The van der Waals surface area contributed by atoms with Crippen LogP contribution in [0.1, 0.15) is 16.1 Å². The molecule has 0 unspecified atom stereocenters. The van der Waals surface area contributed by atoms with E-state index in [2.05, 4.69) is 15.2 Å². The van der Waals surface area contributed by atoms with E-state index in [9.17, 15) is 14.7 Å². The fourth-order valence-corrected chi connectivity index (χ4v) is 2.04. The SMILES string of the molecule is COC(=O)[C@H](O)CNC(=O)c1cn(-c2ccc(Cl)cc2)nc1C. The van der Waals surface area contributed by atoms with Crippen molar-refractivity contribution in [2.24, 2.45) is 0 Å². The maximum absolute atomic E-state index is 12.1. The van der Waals surface area contributed by atoms with E-state index in [4.69, 9.17) is 11.6 Å². The third-order valence-electron chi connectivity index (χ3n) is 3.16. The van der Waals surface area contributed by atoms with Gasteiger partial charge in [0.1, 0.15) is 0 Å². The third kappa shape index (κ3) is 4.08. The molecule has 0 saturated carbocycles. The van der Waals surface area contributed by atoms with E-state index in [-0.39, 0.29) is 6.54 Å². The number of nitrogens with zero attached hydrogens (tertiary/aromatic N) is 2. The Morgan fingerprint density at radius 2 is 2.04 bits per heavy atom. The van der Waals surface area contributed by atoms with Crippen molar-refractivity contribution in [3.63, 3.8) is 0 Å². The summed E-state index contributed by atoms with van der Waals surface area (Å²) in [6, 6.07) is 7.00. The van der Waals surface area contributed by atoms with E-state index >= 15 is 0 Å². The highest BCUT2D eigenvalue weighted by atomic mass is 35.5. The minimum absolute atomic E-state index is 0.239. The van der Waals surface area contributed by atoms with Crippen LogP contribution < -0.4 is 5.32 Å². The summed E-state index contributed by atoms with van der Waals surface area (Å²) in [6.45, 7) is 1.45. The number of aromatic nitrogens is 2. The number of esters is 1. The molecule has 2 N–H and O–H groups in total. The van der Waals surface area contributed by atoms with E-state index in [1.807, 2.05) is 0 Å². The van der Waals surface area contributed by atoms with Crippen molar-refractivity contribution in [1.82, 2.24) is 15.1 Å². The van der Waals surface area contributed by atoms with Gasteiger partial charge in [-0.3, -0.25) is 4.79 Å². The van der Waals surface area contributed by atoms with Crippen LogP contribution in [-0.2, 0) is 9.53 Å². The van der Waals surface area contributed by atoms with Gasteiger partial charge in [-0.25, -0.2) is 9.48 Å². The molecule has 0 fully saturated rings. The zero-order valence-electron chi connectivity index (χ0n) is 12.6. The first-order valence-electron chi connectivity index (χ1n) is 6.78. The van der Waals surface area contributed by atoms with Gasteiger partial charge in [-0.2, -0.15) is 5.10 Å². The highest BCUT2D eigenvalue weighted by molar-refractivity contribution is 6.30. The number of hydrogen-bond acceptors (Lipinski definition) is 5. The molecule has 2 rings (SSSR count). The van der Waals surface area contributed by atoms with Crippen LogP contribution in [0.4, 0.5) is 0 Å². The van der Waals surface area contributed by atoms with Gasteiger partial charge >= 0.3 is 5.97 Å². The molecule has 0 spiro atoms. The largest absolute Gasteiger partial charge is 0.467 e. The molecule has 0 saturated heterocycles. The minimum atomic E-state index is -1.41. The van der Waals surface area contributed by atoms with Gasteiger partial charge in [0.2, 0.25) is 0 Å². The Bertz CT molecular complexity index is 712. The van der Waals surface area contributed by atoms with Crippen molar-refractivity contribution in [1.29, 1.82) is 0 Å². The summed E-state index contributed by atoms with van der Waals surface area (Å²) >= 11 is 5.84. The second-order valence-corrected chi connectivity index (χ2v) is 5.23. The second kappa shape index (κ2) is 7.26. The summed E-state index contributed by atoms with van der Waals surface area (Å²) in [4.78, 5) is 23.2. The molecule has 122 valence electrons. The van der Waals surface area contributed by atoms with Crippen LogP contribution >= 0.6 is 11.6 Å². The molecule has 1 aromatic heterocycles. The Hall–Kier alpha value is -2.38. The summed E-state index contributed by atoms with van der Waals surface area (Å²) in [5.41, 5.74) is 1.62. The minimum Gasteiger partial charge on any atom is -0.467 e. The van der Waals surface area contributed by atoms with Crippen LogP contribution in [0.15, 0.2) is 30.5 Å². The average molecular weight is 338 g/mol. The first-order valence-corrected chi connectivity index (χ1v) is 7.16. The number of rotatable bonds is 5. The molecule has 1 amide bonds. The number of aryl methyl sites for hydroxylation is 1. The summed E-state index contributed by atoms with van der Waals surface area (Å²) in [5, 5.41) is 16.8. The molecular formula is C15H16ClN3O4. The lowest BCUT2D eigenvalue weighted by Crippen LogP contribution is -2.37. The van der Waals surface area contributed by atoms with Gasteiger partial charge in [0.25, 0.3) is 5.91 Å². The van der Waals surface area contributed by atoms with E-state index < -0.39 is 18.0 Å². The zero-order chi connectivity index (χ0) is 17.0. The summed E-state index contributed by atoms with van der Waals surface area (Å²) in [5.74, 6) is -1.25. The van der Waals surface area contributed by atoms with Gasteiger partial charge in [0, 0.05) is 11.2 Å². The summed E-state index contributed by atoms with van der Waals surface area (Å²) in [6.07, 6.45) is 0.161. The molecule has 1 aromatic carbocycles. The fourth-order valence-electron chi connectivity index (χ4n) is 1.91. The number of ether oxygens (including phenoxy) is 1. The molecule has 0 radical (unpaired) electrons. The first-order chi connectivity index (χ1) is 10.9. The topological polar surface area (TPSA) is 93.5 Å². The second-order valence-electron chi connectivity index (χ2n) is 4.80. The van der Waals surface area contributed by atoms with Crippen molar-refractivity contribution in [2.45, 2.75) is 13.0 Å². The summed E-state index contributed by atoms with van der Waals surface area (Å²) < 4.78 is 5.93. The number of methoxy groups -OCH3 is 1. The van der Waals surface area contributed by atoms with E-state index in [1.165, 1.54) is 0 Å². The number of aliphatic hydroxyl groups is 1. The molecule has 0 bridgehead atoms. The molecule has 1 heterocycles. The van der Waals surface area contributed by atoms with Gasteiger partial charge in [-0.15, -0.1) is 0 Å². The van der Waals surface area contributed by atoms with Crippen molar-refractivity contribution in [2.75, 3.05) is 13.7 Å². The molecule has 0 aliphatic rings. The molecular weight excluding hydrogens is 322 g/mol. The van der Waals surface area contributed by atoms with Crippen LogP contribution in [-0.4, -0.2) is 46.5 Å². The van der Waals surface area contributed by atoms with Crippen molar-refractivity contribution in [3.05, 3.63) is 46.7 Å². The lowest BCUT2D eigenvalue weighted by atomic mass is 10.2. The lowest BCUT2D eigenvalue weighted by molar-refractivity contribution is -0.149. The molecule has 0 aliphatic heterocycles. The Morgan fingerprint density at radius 1 is 1.39 bits per heavy atom. The highest BCUT2D eigenvalue weighted by Crippen LogP contribution is 2.15. The van der Waals surface area contributed by atoms with Crippen LogP contribution in [0.5, 0.6) is 0 Å². The number of hydrogen-bond donors (Lipinski definition) is 2. The average Bonchev–Trinajstić information content (AvgIpc) is 2.94. The zero-order valence-corrected chi connectivity index (χ0v) is 13.4. The molecule has 8 heteroatoms. The van der Waals surface area contributed by atoms with Gasteiger partial charge in [0.15, 0.2) is 6.10 Å². The monoisotopic (exact) mass is 337 g/mol. The summed E-state index contributed by atoms with van der Waals surface area (Å²) in [7, 11) is 1.16. The number of benzene rings is 1. The van der Waals surface area contributed by atoms with Crippen LogP contribution in [0.3, 0.4) is 0 Å². The molecule has 0 aliphatic carbocycles. The molecule has 1 atom stereocenters. The van der Waals surface area contributed by atoms with E-state index in [0.717, 1.165) is 12.8 Å². The van der Waals surface area contributed by atoms with E-state index in [0.29, 0.717) is 16.3 Å². The highest BCUT2D eigenvalue weighted by Gasteiger charge is 2.19. The quantitative estimate of drug-likeness (QED) is 0.797. The Kier molecular flexibility index (Phi) is 5.36. The molecule has 2 aromatic rings. The first kappa shape index (κ1) is 17.0. The third-order valence-corrected chi connectivity index (χ3v) is 3.42. The number of nitrogens with one attached hydrogen (secondary N) is 1. The van der Waals surface area contributed by atoms with Gasteiger partial charge < -0.3 is 15.2 Å². The predicted molar refractivity (Wildman–Crippen MR) is 83.7 cm³/mol. The van der Waals surface area contributed by atoms with Gasteiger partial charge in [-0.1, -0.05) is 11.6 Å². The number of halogens is 1. The van der Waals surface area contributed by atoms with Gasteiger partial charge in [-0.05, 0) is 31.2 Å². The Labute approximate surface area is 137 Å². The van der Waals surface area contributed by atoms with Crippen LogP contribution in [0.2, 0.25) is 5.02 Å². The fraction of sp³-hybridized carbons (Fsp3) is 0.267. The van der Waals surface area contributed by atoms with Crippen LogP contribution in [0.25, 0.3) is 5.69 Å². The lowest BCUT2D eigenvalue weighted by Gasteiger charge is -2.09. The smallest absolute Gasteiger partial charge is 0.336 e. The van der Waals surface area contributed by atoms with Gasteiger partial charge in [0.05, 0.1) is 30.6 Å². The standard InChI is InChI=1S/C15H16ClN3O4/c1-9-12(14(21)17-7-13(20)15(22)23-2)8-19(18-9)11-5-3-10(16)4-6-11/h3-6,8,13,20H,7H2,1-2H3,(H,17,21)/t13-/m1/s1.